The molecule has 0 fully saturated rings. The monoisotopic (exact) mass is 622 g/mol. The standard InChI is InChI=1S/C35H42O2S4/c1-5-7-9-15-21-35(22-16-10-8-6-2)27-23-29(25-17-11-13-19-31(25)40(3)36)38-33(27)34-28(35)24-30(39-34)26-18-12-14-20-32(26)41(4)37/h11-14,17-20,23-24H,5-10,15-16,21-22H2,1-4H3. The Morgan fingerprint density at radius 3 is 1.41 bits per heavy atom. The normalized spacial score (nSPS) is 15.0. The van der Waals surface area contributed by atoms with Crippen molar-refractivity contribution in [2.24, 2.45) is 0 Å². The Labute approximate surface area is 259 Å². The third-order valence-corrected chi connectivity index (χ3v) is 13.0. The van der Waals surface area contributed by atoms with Crippen LogP contribution < -0.4 is 0 Å². The Bertz CT molecular complexity index is 1430. The number of benzene rings is 2. The van der Waals surface area contributed by atoms with E-state index >= 15 is 0 Å². The highest BCUT2D eigenvalue weighted by Gasteiger charge is 2.45. The minimum atomic E-state index is -1.05. The minimum Gasteiger partial charge on any atom is -0.255 e. The average molecular weight is 623 g/mol. The van der Waals surface area contributed by atoms with Crippen molar-refractivity contribution in [2.75, 3.05) is 12.5 Å². The van der Waals surface area contributed by atoms with E-state index in [0.29, 0.717) is 0 Å². The van der Waals surface area contributed by atoms with Crippen molar-refractivity contribution in [1.29, 1.82) is 0 Å². The van der Waals surface area contributed by atoms with Crippen molar-refractivity contribution in [3.8, 4) is 30.6 Å². The Morgan fingerprint density at radius 2 is 1.02 bits per heavy atom. The summed E-state index contributed by atoms with van der Waals surface area (Å²) in [7, 11) is -2.10. The summed E-state index contributed by atoms with van der Waals surface area (Å²) in [6.45, 7) is 4.57. The van der Waals surface area contributed by atoms with Crippen LogP contribution in [0.1, 0.15) is 89.2 Å². The third kappa shape index (κ3) is 6.13. The van der Waals surface area contributed by atoms with E-state index in [1.165, 1.54) is 82.0 Å². The number of fused-ring (bicyclic) bond motifs is 3. The molecule has 0 amide bonds. The van der Waals surface area contributed by atoms with E-state index in [4.69, 9.17) is 0 Å². The molecule has 1 aliphatic rings. The maximum Gasteiger partial charge on any atom is 0.0504 e. The molecule has 6 heteroatoms. The van der Waals surface area contributed by atoms with Gasteiger partial charge < -0.3 is 0 Å². The maximum atomic E-state index is 12.7. The summed E-state index contributed by atoms with van der Waals surface area (Å²) in [4.78, 5) is 7.06. The molecule has 0 saturated heterocycles. The van der Waals surface area contributed by atoms with E-state index in [2.05, 4.69) is 50.2 Å². The molecule has 2 heterocycles. The summed E-state index contributed by atoms with van der Waals surface area (Å²) in [6, 6.07) is 21.3. The zero-order valence-corrected chi connectivity index (χ0v) is 28.1. The summed E-state index contributed by atoms with van der Waals surface area (Å²) < 4.78 is 25.4. The molecular weight excluding hydrogens is 581 g/mol. The quantitative estimate of drug-likeness (QED) is 0.131. The molecule has 0 saturated carbocycles. The molecule has 41 heavy (non-hydrogen) atoms. The summed E-state index contributed by atoms with van der Waals surface area (Å²) in [5.41, 5.74) is 5.17. The predicted octanol–water partition coefficient (Wildman–Crippen LogP) is 10.8. The second kappa shape index (κ2) is 13.6. The first-order chi connectivity index (χ1) is 19.9. The second-order valence-corrected chi connectivity index (χ2v) is 16.1. The lowest BCUT2D eigenvalue weighted by Gasteiger charge is -2.31. The van der Waals surface area contributed by atoms with Crippen LogP contribution in [0.15, 0.2) is 70.5 Å². The van der Waals surface area contributed by atoms with Crippen LogP contribution in [0.3, 0.4) is 0 Å². The fourth-order valence-corrected chi connectivity index (χ4v) is 10.9. The van der Waals surface area contributed by atoms with Crippen molar-refractivity contribution in [3.05, 3.63) is 71.8 Å². The molecule has 5 rings (SSSR count). The summed E-state index contributed by atoms with van der Waals surface area (Å²) in [6.07, 6.45) is 15.9. The van der Waals surface area contributed by atoms with Crippen molar-refractivity contribution in [2.45, 2.75) is 93.3 Å². The fraction of sp³-hybridized carbons (Fsp3) is 0.429. The molecular formula is C35H42O2S4. The van der Waals surface area contributed by atoms with Gasteiger partial charge >= 0.3 is 0 Å². The van der Waals surface area contributed by atoms with E-state index < -0.39 is 21.6 Å². The van der Waals surface area contributed by atoms with Gasteiger partial charge in [0.05, 0.1) is 21.6 Å². The molecule has 4 aromatic rings. The zero-order chi connectivity index (χ0) is 29.0. The number of thiophene rings is 2. The van der Waals surface area contributed by atoms with Crippen molar-refractivity contribution >= 4 is 44.3 Å². The molecule has 0 N–H and O–H groups in total. The van der Waals surface area contributed by atoms with Gasteiger partial charge in [-0.15, -0.1) is 22.7 Å². The second-order valence-electron chi connectivity index (χ2n) is 11.3. The first kappa shape index (κ1) is 30.6. The maximum absolute atomic E-state index is 12.7. The summed E-state index contributed by atoms with van der Waals surface area (Å²) in [5.74, 6) is 0. The van der Waals surface area contributed by atoms with Gasteiger partial charge in [0.25, 0.3) is 0 Å². The molecule has 2 aromatic carbocycles. The fourth-order valence-electron chi connectivity index (χ4n) is 6.45. The Hall–Kier alpha value is -1.86. The van der Waals surface area contributed by atoms with Gasteiger partial charge in [-0.2, -0.15) is 0 Å². The first-order valence-electron chi connectivity index (χ1n) is 15.1. The van der Waals surface area contributed by atoms with Crippen molar-refractivity contribution in [1.82, 2.24) is 0 Å². The van der Waals surface area contributed by atoms with Gasteiger partial charge in [-0.3, -0.25) is 8.42 Å². The highest BCUT2D eigenvalue weighted by atomic mass is 32.2. The predicted molar refractivity (Wildman–Crippen MR) is 181 cm³/mol. The number of unbranched alkanes of at least 4 members (excludes halogenated alkanes) is 6. The van der Waals surface area contributed by atoms with E-state index in [1.54, 1.807) is 12.5 Å². The Morgan fingerprint density at radius 1 is 0.610 bits per heavy atom. The lowest BCUT2D eigenvalue weighted by Crippen LogP contribution is -2.25. The van der Waals surface area contributed by atoms with Crippen LogP contribution in [0.5, 0.6) is 0 Å². The average Bonchev–Trinajstić information content (AvgIpc) is 3.66. The Balaban J connectivity index is 1.69. The molecule has 218 valence electrons. The zero-order valence-electron chi connectivity index (χ0n) is 24.8. The molecule has 1 aliphatic carbocycles. The summed E-state index contributed by atoms with van der Waals surface area (Å²) in [5, 5.41) is 0. The minimum absolute atomic E-state index is 0.00370. The lowest BCUT2D eigenvalue weighted by atomic mass is 9.71. The van der Waals surface area contributed by atoms with Crippen molar-refractivity contribution < 1.29 is 8.42 Å². The topological polar surface area (TPSA) is 34.1 Å². The van der Waals surface area contributed by atoms with E-state index in [1.807, 2.05) is 46.9 Å². The Kier molecular flexibility index (Phi) is 10.2. The SMILES string of the molecule is CCCCCCC1(CCCCCC)c2cc(-c3ccccc3S(C)=O)sc2-c2sc(-c3ccccc3S(C)=O)cc21. The molecule has 0 bridgehead atoms. The highest BCUT2D eigenvalue weighted by Crippen LogP contribution is 2.61. The molecule has 0 spiro atoms. The van der Waals surface area contributed by atoms with Gasteiger partial charge in [-0.25, -0.2) is 0 Å². The van der Waals surface area contributed by atoms with Crippen LogP contribution in [0, 0.1) is 0 Å². The smallest absolute Gasteiger partial charge is 0.0504 e. The number of hydrogen-bond acceptors (Lipinski definition) is 4. The molecule has 2 atom stereocenters. The van der Waals surface area contributed by atoms with Crippen molar-refractivity contribution in [3.63, 3.8) is 0 Å². The van der Waals surface area contributed by atoms with Gasteiger partial charge in [-0.05, 0) is 48.2 Å². The van der Waals surface area contributed by atoms with Gasteiger partial charge in [0.2, 0.25) is 0 Å². The van der Waals surface area contributed by atoms with Gasteiger partial charge in [0, 0.05) is 58.4 Å². The van der Waals surface area contributed by atoms with E-state index in [0.717, 1.165) is 33.8 Å². The molecule has 0 aliphatic heterocycles. The number of rotatable bonds is 14. The van der Waals surface area contributed by atoms with Gasteiger partial charge in [0.1, 0.15) is 0 Å². The molecule has 2 aromatic heterocycles. The molecule has 2 unspecified atom stereocenters. The first-order valence-corrected chi connectivity index (χ1v) is 19.8. The van der Waals surface area contributed by atoms with Crippen LogP contribution in [0.4, 0.5) is 0 Å². The molecule has 0 radical (unpaired) electrons. The van der Waals surface area contributed by atoms with Crippen LogP contribution in [0.25, 0.3) is 30.6 Å². The highest BCUT2D eigenvalue weighted by molar-refractivity contribution is 7.84. The van der Waals surface area contributed by atoms with Crippen LogP contribution >= 0.6 is 22.7 Å². The largest absolute Gasteiger partial charge is 0.255 e. The van der Waals surface area contributed by atoms with Crippen LogP contribution in [0.2, 0.25) is 0 Å². The van der Waals surface area contributed by atoms with Gasteiger partial charge in [0.15, 0.2) is 0 Å². The van der Waals surface area contributed by atoms with E-state index in [9.17, 15) is 8.42 Å². The van der Waals surface area contributed by atoms with Crippen LogP contribution in [-0.2, 0) is 27.0 Å². The van der Waals surface area contributed by atoms with Crippen LogP contribution in [-0.4, -0.2) is 20.9 Å². The lowest BCUT2D eigenvalue weighted by molar-refractivity contribution is 0.402. The van der Waals surface area contributed by atoms with Gasteiger partial charge in [-0.1, -0.05) is 102 Å². The molecule has 2 nitrogen and oxygen atoms in total. The number of hydrogen-bond donors (Lipinski definition) is 0. The van der Waals surface area contributed by atoms with E-state index in [-0.39, 0.29) is 5.41 Å². The third-order valence-electron chi connectivity index (χ3n) is 8.54. The summed E-state index contributed by atoms with van der Waals surface area (Å²) >= 11 is 3.75.